The van der Waals surface area contributed by atoms with Crippen LogP contribution in [0.4, 0.5) is 0 Å². The van der Waals surface area contributed by atoms with Crippen LogP contribution >= 0.6 is 0 Å². The SMILES string of the molecule is N#Cc1ccc2c(c1)Oc1cccc(-c3ccc(-c4cc(-c5ccccc5)nc(-c5ccccc5)n4)cc3C3=NC(c4ccccc4)NC(c4ccccc4)=C3)c1O2. The summed E-state index contributed by atoms with van der Waals surface area (Å²) in [5.74, 6) is 2.80. The highest BCUT2D eigenvalue weighted by atomic mass is 16.6. The van der Waals surface area contributed by atoms with E-state index in [1.165, 1.54) is 0 Å². The van der Waals surface area contributed by atoms with Crippen molar-refractivity contribution in [2.24, 2.45) is 4.99 Å². The number of benzene rings is 7. The van der Waals surface area contributed by atoms with Gasteiger partial charge in [0.05, 0.1) is 28.7 Å². The van der Waals surface area contributed by atoms with E-state index in [1.807, 2.05) is 103 Å². The first-order valence-corrected chi connectivity index (χ1v) is 19.0. The van der Waals surface area contributed by atoms with E-state index in [0.717, 1.165) is 67.3 Å². The van der Waals surface area contributed by atoms with Crippen molar-refractivity contribution in [1.29, 1.82) is 5.26 Å². The number of hydrogen-bond acceptors (Lipinski definition) is 7. The fraction of sp³-hybridized carbons (Fsp3) is 0.0196. The van der Waals surface area contributed by atoms with Crippen LogP contribution in [0.5, 0.6) is 23.0 Å². The quantitative estimate of drug-likeness (QED) is 0.174. The molecule has 7 heteroatoms. The molecule has 1 N–H and O–H groups in total. The van der Waals surface area contributed by atoms with Gasteiger partial charge < -0.3 is 14.8 Å². The van der Waals surface area contributed by atoms with Crippen LogP contribution in [0.15, 0.2) is 193 Å². The van der Waals surface area contributed by atoms with Crippen molar-refractivity contribution in [1.82, 2.24) is 15.3 Å². The van der Waals surface area contributed by atoms with Crippen molar-refractivity contribution in [2.75, 3.05) is 0 Å². The molecule has 274 valence electrons. The van der Waals surface area contributed by atoms with Gasteiger partial charge in [-0.15, -0.1) is 0 Å². The van der Waals surface area contributed by atoms with Crippen LogP contribution in [0, 0.1) is 11.3 Å². The van der Waals surface area contributed by atoms with Gasteiger partial charge in [0.15, 0.2) is 28.8 Å². The second-order valence-corrected chi connectivity index (χ2v) is 14.0. The van der Waals surface area contributed by atoms with Gasteiger partial charge in [0.1, 0.15) is 6.17 Å². The molecular weight excluding hydrogens is 715 g/mol. The Morgan fingerprint density at radius 2 is 1.17 bits per heavy atom. The predicted octanol–water partition coefficient (Wildman–Crippen LogP) is 12.0. The number of nitriles is 1. The Hall–Kier alpha value is -8.08. The molecule has 7 aromatic carbocycles. The number of nitrogens with one attached hydrogen (secondary N) is 1. The summed E-state index contributed by atoms with van der Waals surface area (Å²) in [6, 6.07) is 62.5. The minimum absolute atomic E-state index is 0.355. The molecule has 8 aromatic rings. The van der Waals surface area contributed by atoms with E-state index in [2.05, 4.69) is 78.1 Å². The summed E-state index contributed by atoms with van der Waals surface area (Å²) in [5, 5.41) is 13.2. The largest absolute Gasteiger partial charge is 0.449 e. The number of nitrogens with zero attached hydrogens (tertiary/aromatic N) is 4. The highest BCUT2D eigenvalue weighted by Crippen LogP contribution is 2.50. The molecule has 0 radical (unpaired) electrons. The van der Waals surface area contributed by atoms with E-state index in [4.69, 9.17) is 24.4 Å². The van der Waals surface area contributed by atoms with E-state index < -0.39 is 0 Å². The Morgan fingerprint density at radius 3 is 1.90 bits per heavy atom. The number of hydrogen-bond donors (Lipinski definition) is 1. The second-order valence-electron chi connectivity index (χ2n) is 14.0. The number of aromatic nitrogens is 2. The maximum absolute atomic E-state index is 9.54. The Morgan fingerprint density at radius 1 is 0.500 bits per heavy atom. The van der Waals surface area contributed by atoms with Crippen LogP contribution in [0.2, 0.25) is 0 Å². The summed E-state index contributed by atoms with van der Waals surface area (Å²) in [6.07, 6.45) is 1.76. The second kappa shape index (κ2) is 14.9. The maximum atomic E-state index is 9.54. The molecule has 0 bridgehead atoms. The third-order valence-electron chi connectivity index (χ3n) is 10.2. The predicted molar refractivity (Wildman–Crippen MR) is 228 cm³/mol. The van der Waals surface area contributed by atoms with Crippen molar-refractivity contribution in [3.8, 4) is 74.1 Å². The molecule has 7 nitrogen and oxygen atoms in total. The Balaban J connectivity index is 1.19. The summed E-state index contributed by atoms with van der Waals surface area (Å²) >= 11 is 0. The van der Waals surface area contributed by atoms with Gasteiger partial charge >= 0.3 is 0 Å². The lowest BCUT2D eigenvalue weighted by molar-refractivity contribution is 0.360. The van der Waals surface area contributed by atoms with E-state index >= 15 is 0 Å². The summed E-state index contributed by atoms with van der Waals surface area (Å²) in [4.78, 5) is 15.6. The molecule has 2 aliphatic rings. The number of ether oxygens (including phenoxy) is 2. The first-order valence-electron chi connectivity index (χ1n) is 19.0. The van der Waals surface area contributed by atoms with E-state index in [-0.39, 0.29) is 6.17 Å². The lowest BCUT2D eigenvalue weighted by Gasteiger charge is -2.27. The van der Waals surface area contributed by atoms with E-state index in [0.29, 0.717) is 34.4 Å². The molecular formula is C51H33N5O2. The maximum Gasteiger partial charge on any atom is 0.177 e. The molecule has 0 saturated heterocycles. The molecule has 0 aliphatic carbocycles. The average Bonchev–Trinajstić information content (AvgIpc) is 3.31. The Bertz CT molecular complexity index is 2870. The molecule has 0 saturated carbocycles. The third-order valence-corrected chi connectivity index (χ3v) is 10.2. The van der Waals surface area contributed by atoms with Crippen LogP contribution in [-0.2, 0) is 0 Å². The van der Waals surface area contributed by atoms with Crippen LogP contribution in [0.3, 0.4) is 0 Å². The highest BCUT2D eigenvalue weighted by molar-refractivity contribution is 6.17. The van der Waals surface area contributed by atoms with Gasteiger partial charge in [-0.25, -0.2) is 9.97 Å². The van der Waals surface area contributed by atoms with Gasteiger partial charge in [-0.1, -0.05) is 146 Å². The van der Waals surface area contributed by atoms with Crippen molar-refractivity contribution < 1.29 is 9.47 Å². The first-order chi connectivity index (χ1) is 28.7. The van der Waals surface area contributed by atoms with Crippen LogP contribution in [-0.4, -0.2) is 15.7 Å². The zero-order valence-electron chi connectivity index (χ0n) is 31.1. The number of para-hydroxylation sites is 1. The van der Waals surface area contributed by atoms with Gasteiger partial charge in [0.2, 0.25) is 0 Å². The standard InChI is InChI=1S/C51H33N5O2/c52-32-33-24-27-46-48(28-33)57-47-23-13-22-40(49(47)58-46)39-26-25-38(44-30-42(34-14-5-1-6-15-34)53-50(55-44)36-18-9-3-10-19-36)29-41(39)45-31-43(35-16-7-2-8-17-35)54-51(56-45)37-20-11-4-12-21-37/h1-31,51,54H. The first kappa shape index (κ1) is 34.4. The van der Waals surface area contributed by atoms with E-state index in [9.17, 15) is 5.26 Å². The Labute approximate surface area is 335 Å². The fourth-order valence-corrected chi connectivity index (χ4v) is 7.36. The van der Waals surface area contributed by atoms with Gasteiger partial charge in [0.25, 0.3) is 0 Å². The fourth-order valence-electron chi connectivity index (χ4n) is 7.36. The lowest BCUT2D eigenvalue weighted by Crippen LogP contribution is -2.25. The summed E-state index contributed by atoms with van der Waals surface area (Å²) in [7, 11) is 0. The van der Waals surface area contributed by atoms with Gasteiger partial charge in [0, 0.05) is 39.6 Å². The van der Waals surface area contributed by atoms with Crippen LogP contribution in [0.25, 0.3) is 50.7 Å². The average molecular weight is 748 g/mol. The molecule has 2 aliphatic heterocycles. The summed E-state index contributed by atoms with van der Waals surface area (Å²) < 4.78 is 13.0. The number of aliphatic imine (C=N–C) groups is 1. The Kier molecular flexibility index (Phi) is 8.82. The van der Waals surface area contributed by atoms with Crippen LogP contribution in [0.1, 0.15) is 28.4 Å². The third kappa shape index (κ3) is 6.65. The molecule has 1 unspecified atom stereocenters. The van der Waals surface area contributed by atoms with E-state index in [1.54, 1.807) is 18.2 Å². The minimum atomic E-state index is -0.355. The highest BCUT2D eigenvalue weighted by Gasteiger charge is 2.27. The topological polar surface area (TPSA) is 92.4 Å². The van der Waals surface area contributed by atoms with Gasteiger partial charge in [-0.2, -0.15) is 5.26 Å². The monoisotopic (exact) mass is 747 g/mol. The number of fused-ring (bicyclic) bond motifs is 2. The summed E-state index contributed by atoms with van der Waals surface area (Å²) in [5.41, 5.74) is 11.4. The molecule has 1 aromatic heterocycles. The van der Waals surface area contributed by atoms with Crippen molar-refractivity contribution >= 4 is 11.4 Å². The van der Waals surface area contributed by atoms with Crippen molar-refractivity contribution in [3.05, 3.63) is 210 Å². The van der Waals surface area contributed by atoms with Crippen molar-refractivity contribution in [2.45, 2.75) is 6.17 Å². The molecule has 0 fully saturated rings. The zero-order chi connectivity index (χ0) is 38.8. The molecule has 10 rings (SSSR count). The lowest BCUT2D eigenvalue weighted by atomic mass is 9.91. The smallest absolute Gasteiger partial charge is 0.177 e. The van der Waals surface area contributed by atoms with Gasteiger partial charge in [-0.3, -0.25) is 4.99 Å². The molecule has 0 spiro atoms. The van der Waals surface area contributed by atoms with Crippen LogP contribution < -0.4 is 14.8 Å². The van der Waals surface area contributed by atoms with Gasteiger partial charge in [-0.05, 0) is 53.1 Å². The van der Waals surface area contributed by atoms with Crippen molar-refractivity contribution in [3.63, 3.8) is 0 Å². The summed E-state index contributed by atoms with van der Waals surface area (Å²) in [6.45, 7) is 0. The molecule has 0 amide bonds. The zero-order valence-corrected chi connectivity index (χ0v) is 31.1. The molecule has 1 atom stereocenters. The number of allylic oxidation sites excluding steroid dienone is 1. The number of rotatable bonds is 7. The molecule has 58 heavy (non-hydrogen) atoms. The minimum Gasteiger partial charge on any atom is -0.449 e. The normalized spacial score (nSPS) is 13.9. The molecule has 3 heterocycles.